The Labute approximate surface area is 136 Å². The molecule has 4 nitrogen and oxygen atoms in total. The van der Waals surface area contributed by atoms with E-state index in [1.807, 2.05) is 18.2 Å². The minimum absolute atomic E-state index is 0.0149. The molecule has 0 aliphatic rings. The fourth-order valence-electron chi connectivity index (χ4n) is 1.89. The second-order valence-electron chi connectivity index (χ2n) is 4.50. The minimum Gasteiger partial charge on any atom is -0.487 e. The van der Waals surface area contributed by atoms with Crippen molar-refractivity contribution < 1.29 is 9.53 Å². The van der Waals surface area contributed by atoms with E-state index in [2.05, 4.69) is 9.59 Å². The van der Waals surface area contributed by atoms with Crippen LogP contribution in [0, 0.1) is 0 Å². The topological polar surface area (TPSA) is 52.1 Å². The first kappa shape index (κ1) is 14.7. The van der Waals surface area contributed by atoms with Gasteiger partial charge in [-0.1, -0.05) is 46.4 Å². The van der Waals surface area contributed by atoms with Gasteiger partial charge < -0.3 is 4.74 Å². The molecule has 3 rings (SSSR count). The summed E-state index contributed by atoms with van der Waals surface area (Å²) in [5.74, 6) is 0.632. The number of ketones is 1. The summed E-state index contributed by atoms with van der Waals surface area (Å²) in [5, 5.41) is 3.87. The van der Waals surface area contributed by atoms with Gasteiger partial charge in [-0.25, -0.2) is 0 Å². The Balaban J connectivity index is 1.68. The Bertz CT molecular complexity index is 772. The maximum Gasteiger partial charge on any atom is 0.193 e. The van der Waals surface area contributed by atoms with Crippen LogP contribution in [0.3, 0.4) is 0 Å². The molecule has 0 spiro atoms. The van der Waals surface area contributed by atoms with Gasteiger partial charge in [-0.2, -0.15) is 0 Å². The first-order valence-electron chi connectivity index (χ1n) is 6.53. The van der Waals surface area contributed by atoms with Crippen LogP contribution < -0.4 is 4.74 Å². The number of benzene rings is 2. The normalized spacial score (nSPS) is 10.4. The van der Waals surface area contributed by atoms with E-state index < -0.39 is 0 Å². The third-order valence-corrected chi connectivity index (χ3v) is 4.02. The van der Waals surface area contributed by atoms with Gasteiger partial charge in [-0.3, -0.25) is 4.79 Å². The van der Waals surface area contributed by atoms with Gasteiger partial charge in [0.2, 0.25) is 0 Å². The molecule has 0 N–H and O–H groups in total. The maximum atomic E-state index is 12.3. The van der Waals surface area contributed by atoms with Gasteiger partial charge in [-0.05, 0) is 24.3 Å². The average molecular weight is 331 g/mol. The maximum absolute atomic E-state index is 12.3. The molecule has 2 aromatic carbocycles. The minimum atomic E-state index is -0.0149. The zero-order valence-electron chi connectivity index (χ0n) is 11.4. The number of carbonyl (C=O) groups excluding carboxylic acids is 1. The predicted molar refractivity (Wildman–Crippen MR) is 85.6 cm³/mol. The van der Waals surface area contributed by atoms with Crippen molar-refractivity contribution in [2.75, 3.05) is 0 Å². The highest BCUT2D eigenvalue weighted by Crippen LogP contribution is 2.20. The van der Waals surface area contributed by atoms with Gasteiger partial charge >= 0.3 is 0 Å². The number of ether oxygens (including phenoxy) is 1. The van der Waals surface area contributed by atoms with E-state index in [4.69, 9.17) is 16.3 Å². The van der Waals surface area contributed by atoms with Crippen LogP contribution in [-0.2, 0) is 6.61 Å². The molecule has 0 aliphatic heterocycles. The molecular weight excluding hydrogens is 320 g/mol. The smallest absolute Gasteiger partial charge is 0.193 e. The first-order valence-corrected chi connectivity index (χ1v) is 7.68. The number of hydrogen-bond acceptors (Lipinski definition) is 5. The van der Waals surface area contributed by atoms with E-state index >= 15 is 0 Å². The van der Waals surface area contributed by atoms with E-state index in [-0.39, 0.29) is 12.4 Å². The lowest BCUT2D eigenvalue weighted by Crippen LogP contribution is -2.01. The number of halogens is 1. The number of hydrogen-bond donors (Lipinski definition) is 0. The second kappa shape index (κ2) is 6.68. The predicted octanol–water partition coefficient (Wildman–Crippen LogP) is 4.00. The molecule has 6 heteroatoms. The van der Waals surface area contributed by atoms with Crippen molar-refractivity contribution in [3.8, 4) is 5.75 Å². The van der Waals surface area contributed by atoms with E-state index in [1.54, 1.807) is 36.4 Å². The van der Waals surface area contributed by atoms with Crippen LogP contribution in [0.15, 0.2) is 54.6 Å². The molecule has 0 unspecified atom stereocenters. The number of nitrogens with zero attached hydrogens (tertiary/aromatic N) is 2. The van der Waals surface area contributed by atoms with Crippen LogP contribution in [0.2, 0.25) is 4.34 Å². The fourth-order valence-corrected chi connectivity index (χ4v) is 2.49. The van der Waals surface area contributed by atoms with Crippen molar-refractivity contribution in [3.05, 3.63) is 75.8 Å². The van der Waals surface area contributed by atoms with Crippen LogP contribution in [0.1, 0.15) is 21.6 Å². The van der Waals surface area contributed by atoms with E-state index in [1.165, 1.54) is 0 Å². The highest BCUT2D eigenvalue weighted by molar-refractivity contribution is 7.10. The van der Waals surface area contributed by atoms with Crippen LogP contribution in [0.25, 0.3) is 0 Å². The van der Waals surface area contributed by atoms with Crippen LogP contribution in [0.5, 0.6) is 5.75 Å². The molecule has 0 amide bonds. The third-order valence-electron chi connectivity index (χ3n) is 3.04. The SMILES string of the molecule is O=C(c1ccccc1)c1ccc(OCc2nnsc2Cl)cc1. The van der Waals surface area contributed by atoms with Crippen molar-refractivity contribution >= 4 is 28.9 Å². The number of carbonyl (C=O) groups is 1. The van der Waals surface area contributed by atoms with Crippen LogP contribution in [-0.4, -0.2) is 15.4 Å². The van der Waals surface area contributed by atoms with Crippen LogP contribution >= 0.6 is 23.1 Å². The van der Waals surface area contributed by atoms with Gasteiger partial charge in [0.1, 0.15) is 22.4 Å². The lowest BCUT2D eigenvalue weighted by atomic mass is 10.0. The molecule has 0 bridgehead atoms. The molecule has 22 heavy (non-hydrogen) atoms. The van der Waals surface area contributed by atoms with Gasteiger partial charge in [0.25, 0.3) is 0 Å². The van der Waals surface area contributed by atoms with Crippen molar-refractivity contribution in [1.29, 1.82) is 0 Å². The molecule has 0 atom stereocenters. The number of aromatic nitrogens is 2. The monoisotopic (exact) mass is 330 g/mol. The highest BCUT2D eigenvalue weighted by atomic mass is 35.5. The Kier molecular flexibility index (Phi) is 4.46. The summed E-state index contributed by atoms with van der Waals surface area (Å²) in [6.45, 7) is 0.251. The molecule has 0 saturated carbocycles. The summed E-state index contributed by atoms with van der Waals surface area (Å²) in [7, 11) is 0. The molecule has 110 valence electrons. The summed E-state index contributed by atoms with van der Waals surface area (Å²) in [6.07, 6.45) is 0. The Morgan fingerprint density at radius 1 is 1.05 bits per heavy atom. The average Bonchev–Trinajstić information content (AvgIpc) is 2.99. The standard InChI is InChI=1S/C16H11ClN2O2S/c17-16-14(18-19-22-16)10-21-13-8-6-12(7-9-13)15(20)11-4-2-1-3-5-11/h1-9H,10H2. The van der Waals surface area contributed by atoms with E-state index in [9.17, 15) is 4.79 Å². The third kappa shape index (κ3) is 3.32. The van der Waals surface area contributed by atoms with Gasteiger partial charge in [-0.15, -0.1) is 5.10 Å². The zero-order chi connectivity index (χ0) is 15.4. The molecule has 3 aromatic rings. The Morgan fingerprint density at radius 3 is 2.36 bits per heavy atom. The largest absolute Gasteiger partial charge is 0.487 e. The summed E-state index contributed by atoms with van der Waals surface area (Å²) >= 11 is 7.03. The van der Waals surface area contributed by atoms with E-state index in [0.717, 1.165) is 11.5 Å². The molecular formula is C16H11ClN2O2S. The fraction of sp³-hybridized carbons (Fsp3) is 0.0625. The lowest BCUT2D eigenvalue weighted by molar-refractivity contribution is 0.103. The molecule has 0 aliphatic carbocycles. The summed E-state index contributed by atoms with van der Waals surface area (Å²) in [5.41, 5.74) is 1.89. The van der Waals surface area contributed by atoms with Crippen molar-refractivity contribution in [2.45, 2.75) is 6.61 Å². The Hall–Kier alpha value is -2.24. The van der Waals surface area contributed by atoms with Crippen molar-refractivity contribution in [3.63, 3.8) is 0 Å². The summed E-state index contributed by atoms with van der Waals surface area (Å²) < 4.78 is 9.84. The van der Waals surface area contributed by atoms with Crippen LogP contribution in [0.4, 0.5) is 0 Å². The molecule has 0 radical (unpaired) electrons. The molecule has 1 aromatic heterocycles. The lowest BCUT2D eigenvalue weighted by Gasteiger charge is -2.06. The highest BCUT2D eigenvalue weighted by Gasteiger charge is 2.09. The van der Waals surface area contributed by atoms with Crippen molar-refractivity contribution in [1.82, 2.24) is 9.59 Å². The summed E-state index contributed by atoms with van der Waals surface area (Å²) in [4.78, 5) is 12.3. The molecule has 0 fully saturated rings. The summed E-state index contributed by atoms with van der Waals surface area (Å²) in [6, 6.07) is 16.2. The molecule has 1 heterocycles. The second-order valence-corrected chi connectivity index (χ2v) is 5.86. The zero-order valence-corrected chi connectivity index (χ0v) is 13.0. The van der Waals surface area contributed by atoms with Gasteiger partial charge in [0.05, 0.1) is 0 Å². The first-order chi connectivity index (χ1) is 10.7. The van der Waals surface area contributed by atoms with Crippen molar-refractivity contribution in [2.24, 2.45) is 0 Å². The Morgan fingerprint density at radius 2 is 1.73 bits per heavy atom. The number of rotatable bonds is 5. The van der Waals surface area contributed by atoms with Gasteiger partial charge in [0.15, 0.2) is 5.78 Å². The van der Waals surface area contributed by atoms with Gasteiger partial charge in [0, 0.05) is 22.7 Å². The quantitative estimate of drug-likeness (QED) is 0.663. The van der Waals surface area contributed by atoms with E-state index in [0.29, 0.717) is 26.9 Å². The molecule has 0 saturated heterocycles.